The van der Waals surface area contributed by atoms with Gasteiger partial charge < -0.3 is 5.32 Å². The molecule has 1 fully saturated rings. The van der Waals surface area contributed by atoms with Crippen LogP contribution in [0.4, 0.5) is 8.78 Å². The molecule has 2 nitrogen and oxygen atoms in total. The highest BCUT2D eigenvalue weighted by molar-refractivity contribution is 5.18. The Balaban J connectivity index is 1.85. The molecule has 1 N–H and O–H groups in total. The summed E-state index contributed by atoms with van der Waals surface area (Å²) in [5.74, 6) is -0.248. The summed E-state index contributed by atoms with van der Waals surface area (Å²) < 4.78 is 26.5. The predicted molar refractivity (Wildman–Crippen MR) is 77.5 cm³/mol. The van der Waals surface area contributed by atoms with Gasteiger partial charge >= 0.3 is 0 Å². The fourth-order valence-corrected chi connectivity index (χ4v) is 2.99. The first-order valence-electron chi connectivity index (χ1n) is 7.49. The van der Waals surface area contributed by atoms with Gasteiger partial charge in [0, 0.05) is 24.2 Å². The largest absolute Gasteiger partial charge is 0.314 e. The minimum absolute atomic E-state index is 0.437. The Labute approximate surface area is 120 Å². The fraction of sp³-hybridized carbons (Fsp3) is 0.625. The van der Waals surface area contributed by atoms with Crippen molar-refractivity contribution < 1.29 is 8.78 Å². The van der Waals surface area contributed by atoms with Gasteiger partial charge in [-0.2, -0.15) is 0 Å². The highest BCUT2D eigenvalue weighted by atomic mass is 19.1. The summed E-state index contributed by atoms with van der Waals surface area (Å²) in [6.45, 7) is 7.91. The van der Waals surface area contributed by atoms with Crippen molar-refractivity contribution in [3.63, 3.8) is 0 Å². The van der Waals surface area contributed by atoms with Gasteiger partial charge in [0.1, 0.15) is 11.6 Å². The van der Waals surface area contributed by atoms with Gasteiger partial charge in [-0.05, 0) is 51.4 Å². The molecule has 1 saturated heterocycles. The molecular weight excluding hydrogens is 258 g/mol. The molecule has 112 valence electrons. The topological polar surface area (TPSA) is 15.3 Å². The maximum atomic E-state index is 13.6. The number of rotatable bonds is 5. The predicted octanol–water partition coefficient (Wildman–Crippen LogP) is 3.17. The number of benzene rings is 1. The summed E-state index contributed by atoms with van der Waals surface area (Å²) in [7, 11) is 0. The third kappa shape index (κ3) is 4.00. The van der Waals surface area contributed by atoms with Crippen molar-refractivity contribution in [2.24, 2.45) is 5.92 Å². The van der Waals surface area contributed by atoms with Crippen molar-refractivity contribution in [1.82, 2.24) is 10.2 Å². The maximum absolute atomic E-state index is 13.6. The van der Waals surface area contributed by atoms with E-state index in [0.29, 0.717) is 24.1 Å². The van der Waals surface area contributed by atoms with E-state index in [9.17, 15) is 8.78 Å². The van der Waals surface area contributed by atoms with Crippen molar-refractivity contribution in [1.29, 1.82) is 0 Å². The molecule has 0 aromatic heterocycles. The molecular formula is C16H24F2N2. The van der Waals surface area contributed by atoms with Crippen LogP contribution in [-0.2, 0) is 6.54 Å². The van der Waals surface area contributed by atoms with Crippen molar-refractivity contribution in [3.8, 4) is 0 Å². The third-order valence-electron chi connectivity index (χ3n) is 4.27. The van der Waals surface area contributed by atoms with Crippen molar-refractivity contribution in [2.45, 2.75) is 39.3 Å². The van der Waals surface area contributed by atoms with E-state index in [2.05, 4.69) is 24.1 Å². The normalized spacial score (nSPS) is 19.2. The van der Waals surface area contributed by atoms with Crippen LogP contribution in [0.5, 0.6) is 0 Å². The fourth-order valence-electron chi connectivity index (χ4n) is 2.99. The zero-order chi connectivity index (χ0) is 14.5. The molecule has 0 spiro atoms. The van der Waals surface area contributed by atoms with E-state index in [1.165, 1.54) is 6.07 Å². The zero-order valence-electron chi connectivity index (χ0n) is 12.3. The standard InChI is InChI=1S/C16H24F2N2/c1-3-19-12(2)13-6-8-20(9-7-13)11-14-4-5-15(17)10-16(14)18/h4-5,10,12-13,19H,3,6-9,11H2,1-2H3. The van der Waals surface area contributed by atoms with Crippen LogP contribution in [0.2, 0.25) is 0 Å². The van der Waals surface area contributed by atoms with Crippen LogP contribution in [0.1, 0.15) is 32.3 Å². The molecule has 2 rings (SSSR count). The Morgan fingerprint density at radius 2 is 2.00 bits per heavy atom. The quantitative estimate of drug-likeness (QED) is 0.892. The Hall–Kier alpha value is -1.00. The van der Waals surface area contributed by atoms with Gasteiger partial charge in [0.2, 0.25) is 0 Å². The average Bonchev–Trinajstić information content (AvgIpc) is 2.43. The van der Waals surface area contributed by atoms with Gasteiger partial charge in [-0.3, -0.25) is 4.90 Å². The first-order valence-corrected chi connectivity index (χ1v) is 7.49. The number of hydrogen-bond donors (Lipinski definition) is 1. The van der Waals surface area contributed by atoms with Crippen LogP contribution < -0.4 is 5.32 Å². The Kier molecular flexibility index (Phi) is 5.49. The first kappa shape index (κ1) is 15.4. The van der Waals surface area contributed by atoms with Crippen LogP contribution in [0.3, 0.4) is 0 Å². The third-order valence-corrected chi connectivity index (χ3v) is 4.27. The van der Waals surface area contributed by atoms with Crippen molar-refractivity contribution in [2.75, 3.05) is 19.6 Å². The summed E-state index contributed by atoms with van der Waals surface area (Å²) in [5.41, 5.74) is 0.588. The second-order valence-electron chi connectivity index (χ2n) is 5.70. The molecule has 4 heteroatoms. The molecule has 1 aliphatic rings. The van der Waals surface area contributed by atoms with E-state index in [4.69, 9.17) is 0 Å². The van der Waals surface area contributed by atoms with Gasteiger partial charge in [-0.1, -0.05) is 13.0 Å². The minimum atomic E-state index is -0.510. The average molecular weight is 282 g/mol. The number of halogens is 2. The molecule has 1 aliphatic heterocycles. The van der Waals surface area contributed by atoms with E-state index in [1.807, 2.05) is 0 Å². The van der Waals surface area contributed by atoms with E-state index in [1.54, 1.807) is 6.07 Å². The Bertz CT molecular complexity index is 428. The highest BCUT2D eigenvalue weighted by Gasteiger charge is 2.23. The smallest absolute Gasteiger partial charge is 0.130 e. The van der Waals surface area contributed by atoms with Gasteiger partial charge in [0.25, 0.3) is 0 Å². The molecule has 1 atom stereocenters. The molecule has 0 aliphatic carbocycles. The van der Waals surface area contributed by atoms with Gasteiger partial charge in [-0.25, -0.2) is 8.78 Å². The molecule has 0 saturated carbocycles. The van der Waals surface area contributed by atoms with Crippen LogP contribution in [0.15, 0.2) is 18.2 Å². The second kappa shape index (κ2) is 7.14. The number of hydrogen-bond acceptors (Lipinski definition) is 2. The molecule has 20 heavy (non-hydrogen) atoms. The number of nitrogens with zero attached hydrogens (tertiary/aromatic N) is 1. The molecule has 0 radical (unpaired) electrons. The zero-order valence-corrected chi connectivity index (χ0v) is 12.3. The molecule has 1 aromatic carbocycles. The summed E-state index contributed by atoms with van der Waals surface area (Å²) in [6.07, 6.45) is 2.27. The SMILES string of the molecule is CCNC(C)C1CCN(Cc2ccc(F)cc2F)CC1. The summed E-state index contributed by atoms with van der Waals surface area (Å²) >= 11 is 0. The summed E-state index contributed by atoms with van der Waals surface area (Å²) in [6, 6.07) is 4.40. The van der Waals surface area contributed by atoms with Gasteiger partial charge in [-0.15, -0.1) is 0 Å². The van der Waals surface area contributed by atoms with Gasteiger partial charge in [0.15, 0.2) is 0 Å². The molecule has 0 amide bonds. The Morgan fingerprint density at radius 1 is 1.30 bits per heavy atom. The van der Waals surface area contributed by atoms with Crippen molar-refractivity contribution >= 4 is 0 Å². The first-order chi connectivity index (χ1) is 9.60. The van der Waals surface area contributed by atoms with Gasteiger partial charge in [0.05, 0.1) is 0 Å². The monoisotopic (exact) mass is 282 g/mol. The number of likely N-dealkylation sites (tertiary alicyclic amines) is 1. The lowest BCUT2D eigenvalue weighted by molar-refractivity contribution is 0.156. The van der Waals surface area contributed by atoms with Crippen LogP contribution >= 0.6 is 0 Å². The summed E-state index contributed by atoms with van der Waals surface area (Å²) in [4.78, 5) is 2.26. The second-order valence-corrected chi connectivity index (χ2v) is 5.70. The molecule has 1 aromatic rings. The molecule has 1 heterocycles. The minimum Gasteiger partial charge on any atom is -0.314 e. The molecule has 1 unspecified atom stereocenters. The maximum Gasteiger partial charge on any atom is 0.130 e. The lowest BCUT2D eigenvalue weighted by atomic mass is 9.90. The van der Waals surface area contributed by atoms with Crippen molar-refractivity contribution in [3.05, 3.63) is 35.4 Å². The van der Waals surface area contributed by atoms with Crippen LogP contribution in [-0.4, -0.2) is 30.6 Å². The number of nitrogens with one attached hydrogen (secondary N) is 1. The van der Waals surface area contributed by atoms with Crippen LogP contribution in [0, 0.1) is 17.6 Å². The lowest BCUT2D eigenvalue weighted by Crippen LogP contribution is -2.41. The highest BCUT2D eigenvalue weighted by Crippen LogP contribution is 2.22. The van der Waals surface area contributed by atoms with E-state index < -0.39 is 11.6 Å². The van der Waals surface area contributed by atoms with E-state index >= 15 is 0 Å². The summed E-state index contributed by atoms with van der Waals surface area (Å²) in [5, 5.41) is 3.47. The molecule has 0 bridgehead atoms. The lowest BCUT2D eigenvalue weighted by Gasteiger charge is -2.35. The van der Waals surface area contributed by atoms with E-state index in [0.717, 1.165) is 38.5 Å². The van der Waals surface area contributed by atoms with Crippen LogP contribution in [0.25, 0.3) is 0 Å². The van der Waals surface area contributed by atoms with E-state index in [-0.39, 0.29) is 0 Å². The Morgan fingerprint density at radius 3 is 2.60 bits per heavy atom. The number of piperidine rings is 1.